The highest BCUT2D eigenvalue weighted by atomic mass is 35.5. The van der Waals surface area contributed by atoms with E-state index in [2.05, 4.69) is 0 Å². The first-order valence-corrected chi connectivity index (χ1v) is 13.5. The van der Waals surface area contributed by atoms with E-state index in [1.165, 1.54) is 42.3 Å². The number of hydrogen-bond acceptors (Lipinski definition) is 6. The van der Waals surface area contributed by atoms with Gasteiger partial charge in [-0.05, 0) is 54.1 Å². The SMILES string of the molecule is COC(=O)C1CN(C(=O)CN(Cc2ccc(Cl)c(Cl)c2)S(=O)(=O)c2ccc(Cl)cc2)c2ccccc2O1. The topological polar surface area (TPSA) is 93.2 Å². The standard InChI is InChI=1S/C25H21Cl3N2O6S/c1-35-25(32)23-14-30(21-4-2-3-5-22(21)36-23)24(31)15-29(13-16-6-11-19(27)20(28)12-16)37(33,34)18-9-7-17(26)8-10-18/h2-12,23H,13-15H2,1H3. The molecule has 0 saturated carbocycles. The van der Waals surface area contributed by atoms with Crippen molar-refractivity contribution in [3.8, 4) is 5.75 Å². The molecule has 0 radical (unpaired) electrons. The number of halogens is 3. The summed E-state index contributed by atoms with van der Waals surface area (Å²) < 4.78 is 38.8. The minimum absolute atomic E-state index is 0.0421. The number of carbonyl (C=O) groups is 2. The monoisotopic (exact) mass is 582 g/mol. The number of ether oxygens (including phenoxy) is 2. The number of anilines is 1. The smallest absolute Gasteiger partial charge is 0.348 e. The summed E-state index contributed by atoms with van der Waals surface area (Å²) in [4.78, 5) is 27.1. The van der Waals surface area contributed by atoms with Crippen molar-refractivity contribution in [2.45, 2.75) is 17.5 Å². The van der Waals surface area contributed by atoms with Crippen molar-refractivity contribution < 1.29 is 27.5 Å². The minimum Gasteiger partial charge on any atom is -0.475 e. The zero-order valence-corrected chi connectivity index (χ0v) is 22.5. The summed E-state index contributed by atoms with van der Waals surface area (Å²) >= 11 is 18.1. The summed E-state index contributed by atoms with van der Waals surface area (Å²) in [7, 11) is -2.94. The van der Waals surface area contributed by atoms with Gasteiger partial charge in [0, 0.05) is 11.6 Å². The van der Waals surface area contributed by atoms with E-state index >= 15 is 0 Å². The highest BCUT2D eigenvalue weighted by molar-refractivity contribution is 7.89. The molecule has 194 valence electrons. The number of esters is 1. The average Bonchev–Trinajstić information content (AvgIpc) is 2.89. The van der Waals surface area contributed by atoms with Crippen LogP contribution >= 0.6 is 34.8 Å². The summed E-state index contributed by atoms with van der Waals surface area (Å²) in [6, 6.07) is 17.0. The van der Waals surface area contributed by atoms with Crippen molar-refractivity contribution in [3.63, 3.8) is 0 Å². The fourth-order valence-electron chi connectivity index (χ4n) is 3.78. The van der Waals surface area contributed by atoms with Gasteiger partial charge in [-0.25, -0.2) is 13.2 Å². The Labute approximate surface area is 229 Å². The Morgan fingerprint density at radius 2 is 1.73 bits per heavy atom. The molecule has 0 aliphatic carbocycles. The maximum atomic E-state index is 13.6. The van der Waals surface area contributed by atoms with E-state index in [4.69, 9.17) is 44.3 Å². The molecule has 0 bridgehead atoms. The van der Waals surface area contributed by atoms with Crippen LogP contribution in [0.2, 0.25) is 15.1 Å². The third kappa shape index (κ3) is 6.02. The van der Waals surface area contributed by atoms with Gasteiger partial charge in [0.25, 0.3) is 0 Å². The summed E-state index contributed by atoms with van der Waals surface area (Å²) in [6.07, 6.45) is -1.07. The van der Waals surface area contributed by atoms with Crippen LogP contribution < -0.4 is 9.64 Å². The third-order valence-corrected chi connectivity index (χ3v) is 8.44. The number of methoxy groups -OCH3 is 1. The van der Waals surface area contributed by atoms with Crippen LogP contribution in [0, 0.1) is 0 Å². The molecule has 37 heavy (non-hydrogen) atoms. The van der Waals surface area contributed by atoms with Crippen molar-refractivity contribution in [2.24, 2.45) is 0 Å². The maximum absolute atomic E-state index is 13.6. The Morgan fingerprint density at radius 1 is 1.03 bits per heavy atom. The van der Waals surface area contributed by atoms with Crippen LogP contribution in [0.25, 0.3) is 0 Å². The number of amides is 1. The molecule has 1 heterocycles. The zero-order valence-electron chi connectivity index (χ0n) is 19.4. The molecule has 0 N–H and O–H groups in total. The Hall–Kier alpha value is -2.82. The normalized spacial score (nSPS) is 15.2. The second-order valence-corrected chi connectivity index (χ2v) is 11.3. The van der Waals surface area contributed by atoms with E-state index in [-0.39, 0.29) is 23.0 Å². The van der Waals surface area contributed by atoms with Gasteiger partial charge >= 0.3 is 5.97 Å². The Kier molecular flexibility index (Phi) is 8.30. The van der Waals surface area contributed by atoms with E-state index in [1.54, 1.807) is 36.4 Å². The first-order valence-electron chi connectivity index (χ1n) is 10.9. The molecular formula is C25H21Cl3N2O6S. The van der Waals surface area contributed by atoms with Crippen LogP contribution in [0.3, 0.4) is 0 Å². The maximum Gasteiger partial charge on any atom is 0.348 e. The number of carbonyl (C=O) groups excluding carboxylic acids is 2. The number of benzene rings is 3. The minimum atomic E-state index is -4.16. The van der Waals surface area contributed by atoms with Gasteiger partial charge in [-0.3, -0.25) is 4.79 Å². The summed E-state index contributed by atoms with van der Waals surface area (Å²) in [6.45, 7) is -0.850. The van der Waals surface area contributed by atoms with E-state index in [9.17, 15) is 18.0 Å². The summed E-state index contributed by atoms with van der Waals surface area (Å²) in [5.74, 6) is -0.926. The molecule has 3 aromatic carbocycles. The molecule has 0 saturated heterocycles. The molecule has 1 amide bonds. The van der Waals surface area contributed by atoms with Crippen LogP contribution in [-0.2, 0) is 30.9 Å². The lowest BCUT2D eigenvalue weighted by Crippen LogP contribution is -2.50. The molecule has 1 aliphatic heterocycles. The van der Waals surface area contributed by atoms with Crippen molar-refractivity contribution in [1.29, 1.82) is 0 Å². The van der Waals surface area contributed by atoms with Crippen LogP contribution in [0.15, 0.2) is 71.6 Å². The molecule has 3 aromatic rings. The first-order chi connectivity index (χ1) is 17.6. The number of sulfonamides is 1. The largest absolute Gasteiger partial charge is 0.475 e. The average molecular weight is 584 g/mol. The number of hydrogen-bond donors (Lipinski definition) is 0. The molecule has 1 aliphatic rings. The van der Waals surface area contributed by atoms with Crippen molar-refractivity contribution >= 4 is 62.4 Å². The fraction of sp³-hybridized carbons (Fsp3) is 0.200. The predicted octanol–water partition coefficient (Wildman–Crippen LogP) is 4.80. The molecular weight excluding hydrogens is 563 g/mol. The Morgan fingerprint density at radius 3 is 2.41 bits per heavy atom. The van der Waals surface area contributed by atoms with Gasteiger partial charge in [0.2, 0.25) is 22.0 Å². The second-order valence-electron chi connectivity index (χ2n) is 8.08. The second kappa shape index (κ2) is 11.3. The molecule has 1 atom stereocenters. The molecule has 12 heteroatoms. The summed E-state index contributed by atoms with van der Waals surface area (Å²) in [5.41, 5.74) is 0.931. The van der Waals surface area contributed by atoms with Crippen molar-refractivity contribution in [1.82, 2.24) is 4.31 Å². The van der Waals surface area contributed by atoms with Crippen LogP contribution in [0.5, 0.6) is 5.75 Å². The first kappa shape index (κ1) is 27.2. The third-order valence-electron chi connectivity index (χ3n) is 5.64. The van der Waals surface area contributed by atoms with Gasteiger partial charge in [0.15, 0.2) is 0 Å². The number of rotatable bonds is 7. The molecule has 1 unspecified atom stereocenters. The van der Waals surface area contributed by atoms with E-state index in [0.717, 1.165) is 4.31 Å². The van der Waals surface area contributed by atoms with Crippen LogP contribution in [0.1, 0.15) is 5.56 Å². The molecule has 8 nitrogen and oxygen atoms in total. The van der Waals surface area contributed by atoms with Crippen molar-refractivity contribution in [3.05, 3.63) is 87.4 Å². The highest BCUT2D eigenvalue weighted by Crippen LogP contribution is 2.34. The Bertz CT molecular complexity index is 1430. The highest BCUT2D eigenvalue weighted by Gasteiger charge is 2.36. The summed E-state index contributed by atoms with van der Waals surface area (Å²) in [5, 5.41) is 0.926. The van der Waals surface area contributed by atoms with Gasteiger partial charge in [0.1, 0.15) is 5.75 Å². The van der Waals surface area contributed by atoms with Gasteiger partial charge in [0.05, 0.1) is 40.8 Å². The van der Waals surface area contributed by atoms with Crippen LogP contribution in [-0.4, -0.2) is 50.9 Å². The van der Waals surface area contributed by atoms with Gasteiger partial charge in [-0.15, -0.1) is 0 Å². The lowest BCUT2D eigenvalue weighted by Gasteiger charge is -2.34. The predicted molar refractivity (Wildman–Crippen MR) is 141 cm³/mol. The van der Waals surface area contributed by atoms with E-state index in [1.807, 2.05) is 0 Å². The fourth-order valence-corrected chi connectivity index (χ4v) is 5.61. The van der Waals surface area contributed by atoms with Gasteiger partial charge in [-0.2, -0.15) is 4.31 Å². The Balaban J connectivity index is 1.70. The number of fused-ring (bicyclic) bond motifs is 1. The zero-order chi connectivity index (χ0) is 26.7. The number of para-hydroxylation sites is 2. The van der Waals surface area contributed by atoms with Gasteiger partial charge < -0.3 is 14.4 Å². The van der Waals surface area contributed by atoms with E-state index < -0.39 is 34.5 Å². The van der Waals surface area contributed by atoms with E-state index in [0.29, 0.717) is 27.0 Å². The van der Waals surface area contributed by atoms with Crippen molar-refractivity contribution in [2.75, 3.05) is 25.1 Å². The quantitative estimate of drug-likeness (QED) is 0.371. The van der Waals surface area contributed by atoms with Gasteiger partial charge in [-0.1, -0.05) is 53.0 Å². The molecule has 0 spiro atoms. The lowest BCUT2D eigenvalue weighted by molar-refractivity contribution is -0.148. The number of nitrogens with zero attached hydrogens (tertiary/aromatic N) is 2. The lowest BCUT2D eigenvalue weighted by atomic mass is 10.2. The molecule has 0 aromatic heterocycles. The molecule has 4 rings (SSSR count). The molecule has 0 fully saturated rings. The van der Waals surface area contributed by atoms with Crippen LogP contribution in [0.4, 0.5) is 5.69 Å².